The molecule has 1 amide bonds. The van der Waals surface area contributed by atoms with Gasteiger partial charge in [0.05, 0.1) is 12.3 Å². The summed E-state index contributed by atoms with van der Waals surface area (Å²) in [5.74, 6) is -0.112. The van der Waals surface area contributed by atoms with Crippen LogP contribution in [-0.4, -0.2) is 37.5 Å². The van der Waals surface area contributed by atoms with Gasteiger partial charge in [-0.25, -0.2) is 12.7 Å². The number of hydrogen-bond acceptors (Lipinski definition) is 3. The average molecular weight is 325 g/mol. The van der Waals surface area contributed by atoms with Gasteiger partial charge < -0.3 is 5.32 Å². The van der Waals surface area contributed by atoms with Crippen molar-refractivity contribution in [2.24, 2.45) is 0 Å². The molecule has 6 heteroatoms. The summed E-state index contributed by atoms with van der Waals surface area (Å²) in [5.41, 5.74) is 2.32. The van der Waals surface area contributed by atoms with Crippen LogP contribution < -0.4 is 5.32 Å². The molecule has 123 valence electrons. The first-order chi connectivity index (χ1) is 10.4. The Hall–Kier alpha value is -1.40. The smallest absolute Gasteiger partial charge is 0.221 e. The maximum atomic E-state index is 11.8. The number of aryl methyl sites for hydroxylation is 1. The lowest BCUT2D eigenvalue weighted by Gasteiger charge is -2.19. The van der Waals surface area contributed by atoms with Crippen LogP contribution >= 0.6 is 0 Å². The highest BCUT2D eigenvalue weighted by Crippen LogP contribution is 2.05. The lowest BCUT2D eigenvalue weighted by atomic mass is 10.1. The fourth-order valence-electron chi connectivity index (χ4n) is 1.98. The molecule has 5 nitrogen and oxygen atoms in total. The zero-order valence-electron chi connectivity index (χ0n) is 13.5. The highest BCUT2D eigenvalue weighted by Gasteiger charge is 2.18. The van der Waals surface area contributed by atoms with Crippen LogP contribution in [0.4, 0.5) is 0 Å². The molecular formula is C16H25N2O3S. The molecule has 0 heterocycles. The second-order valence-electron chi connectivity index (χ2n) is 5.10. The van der Waals surface area contributed by atoms with Gasteiger partial charge in [-0.2, -0.15) is 0 Å². The summed E-state index contributed by atoms with van der Waals surface area (Å²) in [4.78, 5) is 11.8. The van der Waals surface area contributed by atoms with E-state index in [1.165, 1.54) is 9.87 Å². The summed E-state index contributed by atoms with van der Waals surface area (Å²) in [6.07, 6.45) is 0.814. The molecule has 22 heavy (non-hydrogen) atoms. The minimum atomic E-state index is -3.23. The van der Waals surface area contributed by atoms with Crippen molar-refractivity contribution in [3.8, 4) is 0 Å². The number of carbonyl (C=O) groups excluding carboxylic acids is 1. The fraction of sp³-hybridized carbons (Fsp3) is 0.500. The molecule has 0 aromatic heterocycles. The van der Waals surface area contributed by atoms with Crippen LogP contribution in [-0.2, 0) is 21.2 Å². The number of rotatable bonds is 9. The number of benzene rings is 1. The van der Waals surface area contributed by atoms with Crippen molar-refractivity contribution in [1.29, 1.82) is 0 Å². The molecule has 0 saturated heterocycles. The summed E-state index contributed by atoms with van der Waals surface area (Å²) in [7, 11) is -3.23. The van der Waals surface area contributed by atoms with Crippen molar-refractivity contribution >= 4 is 15.9 Å². The SMILES string of the molecule is CCN(CCC(=O)N[CH]Cc1ccc(C)cc1)S(=O)(=O)CC. The molecule has 0 fully saturated rings. The molecule has 0 spiro atoms. The van der Waals surface area contributed by atoms with E-state index in [9.17, 15) is 13.2 Å². The van der Waals surface area contributed by atoms with Gasteiger partial charge in [0.1, 0.15) is 0 Å². The summed E-state index contributed by atoms with van der Waals surface area (Å²) in [6.45, 7) is 7.71. The Kier molecular flexibility index (Phi) is 7.55. The third kappa shape index (κ3) is 6.15. The van der Waals surface area contributed by atoms with Crippen LogP contribution in [0.2, 0.25) is 0 Å². The minimum Gasteiger partial charge on any atom is -0.351 e. The van der Waals surface area contributed by atoms with E-state index < -0.39 is 10.0 Å². The standard InChI is InChI=1S/C16H25N2O3S/c1-4-18(22(20,21)5-2)13-11-16(19)17-12-10-15-8-6-14(3)7-9-15/h6-9,12H,4-5,10-11,13H2,1-3H3,(H,17,19). The summed E-state index contributed by atoms with van der Waals surface area (Å²) in [5, 5.41) is 2.71. The lowest BCUT2D eigenvalue weighted by molar-refractivity contribution is -0.120. The largest absolute Gasteiger partial charge is 0.351 e. The normalized spacial score (nSPS) is 11.6. The van der Waals surface area contributed by atoms with Gasteiger partial charge in [-0.15, -0.1) is 0 Å². The van der Waals surface area contributed by atoms with Gasteiger partial charge in [0.25, 0.3) is 0 Å². The summed E-state index contributed by atoms with van der Waals surface area (Å²) in [6, 6.07) is 8.09. The molecule has 1 rings (SSSR count). The van der Waals surface area contributed by atoms with Crippen molar-refractivity contribution in [3.05, 3.63) is 41.9 Å². The van der Waals surface area contributed by atoms with Gasteiger partial charge in [-0.3, -0.25) is 4.79 Å². The predicted molar refractivity (Wildman–Crippen MR) is 88.7 cm³/mol. The van der Waals surface area contributed by atoms with Crippen LogP contribution in [0.1, 0.15) is 31.4 Å². The Labute approximate surface area is 133 Å². The highest BCUT2D eigenvalue weighted by atomic mass is 32.2. The first-order valence-electron chi connectivity index (χ1n) is 7.53. The Balaban J connectivity index is 2.33. The summed E-state index contributed by atoms with van der Waals surface area (Å²) >= 11 is 0. The van der Waals surface area contributed by atoms with E-state index in [-0.39, 0.29) is 24.6 Å². The van der Waals surface area contributed by atoms with E-state index in [4.69, 9.17) is 0 Å². The van der Waals surface area contributed by atoms with Crippen LogP contribution in [0.3, 0.4) is 0 Å². The molecule has 1 N–H and O–H groups in total. The monoisotopic (exact) mass is 325 g/mol. The third-order valence-electron chi connectivity index (χ3n) is 3.42. The quantitative estimate of drug-likeness (QED) is 0.754. The number of amides is 1. The van der Waals surface area contributed by atoms with Gasteiger partial charge in [-0.1, -0.05) is 36.8 Å². The van der Waals surface area contributed by atoms with Crippen molar-refractivity contribution in [2.45, 2.75) is 33.6 Å². The Bertz CT molecular complexity index is 568. The van der Waals surface area contributed by atoms with Crippen molar-refractivity contribution in [3.63, 3.8) is 0 Å². The van der Waals surface area contributed by atoms with Crippen molar-refractivity contribution in [2.75, 3.05) is 18.8 Å². The van der Waals surface area contributed by atoms with Crippen LogP contribution in [0.15, 0.2) is 24.3 Å². The highest BCUT2D eigenvalue weighted by molar-refractivity contribution is 7.89. The maximum absolute atomic E-state index is 11.8. The number of sulfonamides is 1. The molecular weight excluding hydrogens is 300 g/mol. The first-order valence-corrected chi connectivity index (χ1v) is 9.14. The van der Waals surface area contributed by atoms with Gasteiger partial charge in [0.2, 0.25) is 15.9 Å². The third-order valence-corrected chi connectivity index (χ3v) is 5.38. The Morgan fingerprint density at radius 3 is 2.41 bits per heavy atom. The molecule has 0 aliphatic carbocycles. The van der Waals surface area contributed by atoms with E-state index in [2.05, 4.69) is 5.32 Å². The predicted octanol–water partition coefficient (Wildman–Crippen LogP) is 1.88. The lowest BCUT2D eigenvalue weighted by Crippen LogP contribution is -2.35. The fourth-order valence-corrected chi connectivity index (χ4v) is 3.11. The molecule has 0 bridgehead atoms. The van der Waals surface area contributed by atoms with Crippen LogP contribution in [0.25, 0.3) is 0 Å². The van der Waals surface area contributed by atoms with E-state index in [0.29, 0.717) is 13.0 Å². The zero-order valence-corrected chi connectivity index (χ0v) is 14.3. The topological polar surface area (TPSA) is 66.5 Å². The Morgan fingerprint density at radius 2 is 1.86 bits per heavy atom. The molecule has 0 unspecified atom stereocenters. The Morgan fingerprint density at radius 1 is 1.23 bits per heavy atom. The van der Waals surface area contributed by atoms with E-state index in [0.717, 1.165) is 5.56 Å². The molecule has 0 saturated carbocycles. The molecule has 1 aromatic carbocycles. The van der Waals surface area contributed by atoms with Gasteiger partial charge in [0, 0.05) is 19.5 Å². The maximum Gasteiger partial charge on any atom is 0.221 e. The number of hydrogen-bond donors (Lipinski definition) is 1. The summed E-state index contributed by atoms with van der Waals surface area (Å²) < 4.78 is 24.9. The molecule has 0 aliphatic rings. The van der Waals surface area contributed by atoms with Gasteiger partial charge in [-0.05, 0) is 25.8 Å². The van der Waals surface area contributed by atoms with Crippen molar-refractivity contribution < 1.29 is 13.2 Å². The second kappa shape index (κ2) is 8.90. The number of nitrogens with zero attached hydrogens (tertiary/aromatic N) is 1. The van der Waals surface area contributed by atoms with E-state index in [1.807, 2.05) is 31.2 Å². The zero-order chi connectivity index (χ0) is 16.6. The number of carbonyl (C=O) groups is 1. The average Bonchev–Trinajstić information content (AvgIpc) is 2.49. The van der Waals surface area contributed by atoms with Crippen LogP contribution in [0.5, 0.6) is 0 Å². The first kappa shape index (κ1) is 18.6. The molecule has 1 radical (unpaired) electrons. The van der Waals surface area contributed by atoms with Gasteiger partial charge in [0.15, 0.2) is 0 Å². The van der Waals surface area contributed by atoms with Crippen LogP contribution in [0, 0.1) is 13.5 Å². The van der Waals surface area contributed by atoms with Gasteiger partial charge >= 0.3 is 0 Å². The molecule has 1 aromatic rings. The van der Waals surface area contributed by atoms with E-state index >= 15 is 0 Å². The molecule has 0 aliphatic heterocycles. The van der Waals surface area contributed by atoms with Crippen molar-refractivity contribution in [1.82, 2.24) is 9.62 Å². The second-order valence-corrected chi connectivity index (χ2v) is 7.36. The minimum absolute atomic E-state index is 0.0575. The molecule has 0 atom stereocenters. The van der Waals surface area contributed by atoms with E-state index in [1.54, 1.807) is 20.4 Å². The number of nitrogens with one attached hydrogen (secondary N) is 1.